The normalized spacial score (nSPS) is 20.6. The average molecular weight is 237 g/mol. The van der Waals surface area contributed by atoms with Crippen molar-refractivity contribution in [1.29, 1.82) is 0 Å². The molecule has 1 fully saturated rings. The summed E-state index contributed by atoms with van der Waals surface area (Å²) in [5.74, 6) is 1.01. The molecule has 4 heteroatoms. The van der Waals surface area contributed by atoms with Crippen molar-refractivity contribution in [3.8, 4) is 0 Å². The molecule has 2 rings (SSSR count). The maximum Gasteiger partial charge on any atom is 0.257 e. The number of hydrogen-bond acceptors (Lipinski definition) is 3. The molecular formula is C13H19NO3. The first-order chi connectivity index (χ1) is 8.26. The highest BCUT2D eigenvalue weighted by molar-refractivity contribution is 5.95. The lowest BCUT2D eigenvalue weighted by molar-refractivity contribution is 0.0618. The molecule has 0 radical (unpaired) electrons. The van der Waals surface area contributed by atoms with Gasteiger partial charge in [0.2, 0.25) is 0 Å². The molecule has 0 spiro atoms. The van der Waals surface area contributed by atoms with Crippen molar-refractivity contribution in [2.75, 3.05) is 19.7 Å². The van der Waals surface area contributed by atoms with Crippen LogP contribution in [0.2, 0.25) is 0 Å². The second kappa shape index (κ2) is 5.36. The van der Waals surface area contributed by atoms with Crippen LogP contribution < -0.4 is 0 Å². The summed E-state index contributed by atoms with van der Waals surface area (Å²) in [5, 5.41) is 9.17. The first-order valence-corrected chi connectivity index (χ1v) is 6.22. The Kier molecular flexibility index (Phi) is 3.84. The first kappa shape index (κ1) is 12.2. The van der Waals surface area contributed by atoms with Crippen LogP contribution in [0.15, 0.2) is 16.7 Å². The topological polar surface area (TPSA) is 53.7 Å². The van der Waals surface area contributed by atoms with Gasteiger partial charge in [-0.25, -0.2) is 0 Å². The van der Waals surface area contributed by atoms with E-state index in [0.717, 1.165) is 31.6 Å². The Morgan fingerprint density at radius 1 is 1.65 bits per heavy atom. The Labute approximate surface area is 101 Å². The van der Waals surface area contributed by atoms with Gasteiger partial charge in [-0.3, -0.25) is 4.79 Å². The summed E-state index contributed by atoms with van der Waals surface area (Å²) in [4.78, 5) is 14.1. The molecule has 1 aromatic heterocycles. The maximum atomic E-state index is 12.3. The highest BCUT2D eigenvalue weighted by Crippen LogP contribution is 2.20. The molecule has 4 nitrogen and oxygen atoms in total. The van der Waals surface area contributed by atoms with Crippen molar-refractivity contribution in [3.05, 3.63) is 23.7 Å². The molecule has 1 N–H and O–H groups in total. The molecule has 0 aliphatic carbocycles. The molecule has 1 unspecified atom stereocenters. The van der Waals surface area contributed by atoms with Crippen LogP contribution in [-0.2, 0) is 6.42 Å². The van der Waals surface area contributed by atoms with Crippen LogP contribution in [0.4, 0.5) is 0 Å². The number of amides is 1. The predicted octanol–water partition coefficient (Wildman–Crippen LogP) is 1.69. The molecule has 94 valence electrons. The Morgan fingerprint density at radius 3 is 3.18 bits per heavy atom. The summed E-state index contributed by atoms with van der Waals surface area (Å²) in [6.07, 6.45) is 4.27. The number of likely N-dealkylation sites (tertiary alicyclic amines) is 1. The number of aliphatic hydroxyl groups excluding tert-OH is 1. The van der Waals surface area contributed by atoms with Gasteiger partial charge < -0.3 is 14.4 Å². The van der Waals surface area contributed by atoms with Crippen LogP contribution in [0.25, 0.3) is 0 Å². The van der Waals surface area contributed by atoms with E-state index in [-0.39, 0.29) is 18.4 Å². The summed E-state index contributed by atoms with van der Waals surface area (Å²) in [7, 11) is 0. The lowest BCUT2D eigenvalue weighted by atomic mass is 9.98. The van der Waals surface area contributed by atoms with Gasteiger partial charge in [0.05, 0.1) is 11.8 Å². The molecule has 0 bridgehead atoms. The van der Waals surface area contributed by atoms with Gasteiger partial charge in [0, 0.05) is 26.1 Å². The molecule has 1 saturated heterocycles. The molecule has 17 heavy (non-hydrogen) atoms. The zero-order valence-corrected chi connectivity index (χ0v) is 10.2. The third kappa shape index (κ3) is 2.52. The highest BCUT2D eigenvalue weighted by Gasteiger charge is 2.26. The van der Waals surface area contributed by atoms with Gasteiger partial charge in [-0.1, -0.05) is 6.92 Å². The Bertz CT molecular complexity index is 386. The zero-order chi connectivity index (χ0) is 12.3. The number of carbonyl (C=O) groups excluding carboxylic acids is 1. The number of aliphatic hydroxyl groups is 1. The third-order valence-corrected chi connectivity index (χ3v) is 3.36. The Hall–Kier alpha value is -1.29. The summed E-state index contributed by atoms with van der Waals surface area (Å²) in [6, 6.07) is 1.74. The predicted molar refractivity (Wildman–Crippen MR) is 63.8 cm³/mol. The SMILES string of the molecule is CCc1occc1C(=O)N1CCCC(CO)C1. The quantitative estimate of drug-likeness (QED) is 0.870. The molecule has 1 aliphatic rings. The van der Waals surface area contributed by atoms with Gasteiger partial charge in [0.25, 0.3) is 5.91 Å². The van der Waals surface area contributed by atoms with Crippen molar-refractivity contribution >= 4 is 5.91 Å². The molecule has 1 atom stereocenters. The van der Waals surface area contributed by atoms with Crippen molar-refractivity contribution < 1.29 is 14.3 Å². The van der Waals surface area contributed by atoms with Gasteiger partial charge in [0.15, 0.2) is 0 Å². The van der Waals surface area contributed by atoms with Crippen LogP contribution in [0, 0.1) is 5.92 Å². The molecule has 1 aromatic rings. The van der Waals surface area contributed by atoms with Crippen LogP contribution in [0.5, 0.6) is 0 Å². The fraction of sp³-hybridized carbons (Fsp3) is 0.615. The summed E-state index contributed by atoms with van der Waals surface area (Å²) in [6.45, 7) is 3.57. The molecule has 1 amide bonds. The fourth-order valence-corrected chi connectivity index (χ4v) is 2.37. The lowest BCUT2D eigenvalue weighted by Gasteiger charge is -2.31. The number of hydrogen-bond donors (Lipinski definition) is 1. The highest BCUT2D eigenvalue weighted by atomic mass is 16.3. The minimum atomic E-state index is 0.0359. The third-order valence-electron chi connectivity index (χ3n) is 3.36. The summed E-state index contributed by atoms with van der Waals surface area (Å²) >= 11 is 0. The molecular weight excluding hydrogens is 218 g/mol. The van der Waals surface area contributed by atoms with Gasteiger partial charge in [-0.05, 0) is 24.8 Å². The molecule has 0 aromatic carbocycles. The molecule has 2 heterocycles. The minimum Gasteiger partial charge on any atom is -0.469 e. The van der Waals surface area contributed by atoms with Gasteiger partial charge in [-0.15, -0.1) is 0 Å². The van der Waals surface area contributed by atoms with Gasteiger partial charge in [0.1, 0.15) is 5.76 Å². The van der Waals surface area contributed by atoms with Crippen molar-refractivity contribution in [3.63, 3.8) is 0 Å². The van der Waals surface area contributed by atoms with Crippen LogP contribution >= 0.6 is 0 Å². The van der Waals surface area contributed by atoms with E-state index in [1.807, 2.05) is 11.8 Å². The van der Waals surface area contributed by atoms with Crippen LogP contribution in [0.1, 0.15) is 35.9 Å². The standard InChI is InChI=1S/C13H19NO3/c1-2-12-11(5-7-17-12)13(16)14-6-3-4-10(8-14)9-15/h5,7,10,15H,2-4,6,8-9H2,1H3. The smallest absolute Gasteiger partial charge is 0.257 e. The monoisotopic (exact) mass is 237 g/mol. The Morgan fingerprint density at radius 2 is 2.47 bits per heavy atom. The first-order valence-electron chi connectivity index (χ1n) is 6.22. The number of rotatable bonds is 3. The zero-order valence-electron chi connectivity index (χ0n) is 10.2. The maximum absolute atomic E-state index is 12.3. The van der Waals surface area contributed by atoms with Gasteiger partial charge in [-0.2, -0.15) is 0 Å². The fourth-order valence-electron chi connectivity index (χ4n) is 2.37. The van der Waals surface area contributed by atoms with E-state index in [0.29, 0.717) is 12.1 Å². The average Bonchev–Trinajstić information content (AvgIpc) is 2.86. The van der Waals surface area contributed by atoms with Crippen molar-refractivity contribution in [2.24, 2.45) is 5.92 Å². The summed E-state index contributed by atoms with van der Waals surface area (Å²) < 4.78 is 5.28. The van der Waals surface area contributed by atoms with Crippen molar-refractivity contribution in [2.45, 2.75) is 26.2 Å². The summed E-state index contributed by atoms with van der Waals surface area (Å²) in [5.41, 5.74) is 0.672. The van der Waals surface area contributed by atoms with E-state index >= 15 is 0 Å². The van der Waals surface area contributed by atoms with Crippen LogP contribution in [0.3, 0.4) is 0 Å². The number of furan rings is 1. The number of piperidine rings is 1. The largest absolute Gasteiger partial charge is 0.469 e. The number of carbonyl (C=O) groups is 1. The van der Waals surface area contributed by atoms with E-state index in [9.17, 15) is 4.79 Å². The minimum absolute atomic E-state index is 0.0359. The van der Waals surface area contributed by atoms with Crippen molar-refractivity contribution in [1.82, 2.24) is 4.90 Å². The molecule has 0 saturated carbocycles. The second-order valence-electron chi connectivity index (χ2n) is 4.55. The van der Waals surface area contributed by atoms with E-state index in [2.05, 4.69) is 0 Å². The van der Waals surface area contributed by atoms with Gasteiger partial charge >= 0.3 is 0 Å². The van der Waals surface area contributed by atoms with Crippen LogP contribution in [-0.4, -0.2) is 35.6 Å². The molecule has 1 aliphatic heterocycles. The van der Waals surface area contributed by atoms with E-state index in [1.165, 1.54) is 0 Å². The number of nitrogens with zero attached hydrogens (tertiary/aromatic N) is 1. The lowest BCUT2D eigenvalue weighted by Crippen LogP contribution is -2.41. The van der Waals surface area contributed by atoms with E-state index < -0.39 is 0 Å². The Balaban J connectivity index is 2.09. The van der Waals surface area contributed by atoms with E-state index in [4.69, 9.17) is 9.52 Å². The van der Waals surface area contributed by atoms with E-state index in [1.54, 1.807) is 12.3 Å². The number of aryl methyl sites for hydroxylation is 1. The second-order valence-corrected chi connectivity index (χ2v) is 4.55.